The van der Waals surface area contributed by atoms with Crippen molar-refractivity contribution in [3.63, 3.8) is 0 Å². The fourth-order valence-electron chi connectivity index (χ4n) is 3.06. The Hall–Kier alpha value is -3.15. The van der Waals surface area contributed by atoms with Crippen LogP contribution in [0.2, 0.25) is 0 Å². The van der Waals surface area contributed by atoms with Gasteiger partial charge in [-0.1, -0.05) is 30.3 Å². The van der Waals surface area contributed by atoms with Gasteiger partial charge in [-0.15, -0.1) is 0 Å². The number of hydrogen-bond acceptors (Lipinski definition) is 4. The van der Waals surface area contributed by atoms with E-state index in [4.69, 9.17) is 4.74 Å². The number of rotatable bonds is 5. The Bertz CT molecular complexity index is 812. The largest absolute Gasteiger partial charge is 0.444 e. The fourth-order valence-corrected chi connectivity index (χ4v) is 3.06. The van der Waals surface area contributed by atoms with Crippen LogP contribution >= 0.6 is 0 Å². The molecule has 1 heterocycles. The number of esters is 1. The van der Waals surface area contributed by atoms with Crippen molar-refractivity contribution in [2.45, 2.75) is 25.9 Å². The van der Waals surface area contributed by atoms with Crippen molar-refractivity contribution in [1.29, 1.82) is 0 Å². The Morgan fingerprint density at radius 1 is 0.963 bits per heavy atom. The Morgan fingerprint density at radius 3 is 2.19 bits per heavy atom. The second kappa shape index (κ2) is 8.49. The van der Waals surface area contributed by atoms with Gasteiger partial charge in [-0.25, -0.2) is 4.79 Å². The minimum absolute atomic E-state index is 0.189. The van der Waals surface area contributed by atoms with E-state index in [0.29, 0.717) is 29.9 Å². The van der Waals surface area contributed by atoms with Gasteiger partial charge in [-0.2, -0.15) is 0 Å². The Balaban J connectivity index is 1.77. The van der Waals surface area contributed by atoms with E-state index in [1.807, 2.05) is 18.2 Å². The highest BCUT2D eigenvalue weighted by Crippen LogP contribution is 2.24. The Labute approximate surface area is 158 Å². The number of hydrogen-bond donors (Lipinski definition) is 1. The summed E-state index contributed by atoms with van der Waals surface area (Å²) in [5.74, 6) is -0.960. The van der Waals surface area contributed by atoms with Crippen LogP contribution in [-0.4, -0.2) is 35.8 Å². The zero-order chi connectivity index (χ0) is 19.2. The molecule has 6 nitrogen and oxygen atoms in total. The van der Waals surface area contributed by atoms with Crippen molar-refractivity contribution in [3.05, 3.63) is 65.7 Å². The molecule has 6 heteroatoms. The lowest BCUT2D eigenvalue weighted by molar-refractivity contribution is -0.140. The summed E-state index contributed by atoms with van der Waals surface area (Å²) in [5.41, 5.74) is 1.56. The average molecular weight is 366 g/mol. The lowest BCUT2D eigenvalue weighted by atomic mass is 10.1. The van der Waals surface area contributed by atoms with Crippen LogP contribution in [0.5, 0.6) is 0 Å². The molecule has 3 rings (SSSR count). The second-order valence-corrected chi connectivity index (χ2v) is 6.49. The molecule has 0 aromatic heterocycles. The van der Waals surface area contributed by atoms with Gasteiger partial charge in [-0.3, -0.25) is 9.59 Å². The number of anilines is 1. The molecule has 140 valence electrons. The molecule has 0 saturated carbocycles. The van der Waals surface area contributed by atoms with Crippen LogP contribution in [0.15, 0.2) is 54.6 Å². The quantitative estimate of drug-likeness (QED) is 0.825. The molecule has 1 aliphatic rings. The van der Waals surface area contributed by atoms with Crippen LogP contribution in [0.25, 0.3) is 0 Å². The van der Waals surface area contributed by atoms with Gasteiger partial charge >= 0.3 is 5.97 Å². The van der Waals surface area contributed by atoms with Gasteiger partial charge in [0.1, 0.15) is 0 Å². The summed E-state index contributed by atoms with van der Waals surface area (Å²) in [4.78, 5) is 38.3. The summed E-state index contributed by atoms with van der Waals surface area (Å²) in [6.07, 6.45) is 0.962. The number of nitrogens with zero attached hydrogens (tertiary/aromatic N) is 1. The summed E-state index contributed by atoms with van der Waals surface area (Å²) in [7, 11) is 0. The lowest BCUT2D eigenvalue weighted by Gasteiger charge is -2.23. The average Bonchev–Trinajstić information content (AvgIpc) is 3.21. The minimum atomic E-state index is -0.966. The molecule has 1 atom stereocenters. The van der Waals surface area contributed by atoms with Gasteiger partial charge in [0, 0.05) is 31.3 Å². The summed E-state index contributed by atoms with van der Waals surface area (Å²) in [5, 5.41) is 2.64. The number of amides is 2. The van der Waals surface area contributed by atoms with Crippen molar-refractivity contribution in [2.24, 2.45) is 0 Å². The van der Waals surface area contributed by atoms with Gasteiger partial charge < -0.3 is 15.0 Å². The highest BCUT2D eigenvalue weighted by Gasteiger charge is 2.31. The monoisotopic (exact) mass is 366 g/mol. The summed E-state index contributed by atoms with van der Waals surface area (Å²) in [6, 6.07) is 15.4. The normalized spacial score (nSPS) is 14.5. The number of carbonyl (C=O) groups is 3. The van der Waals surface area contributed by atoms with Crippen LogP contribution in [-0.2, 0) is 14.3 Å². The standard InChI is InChI=1S/C21H22N2O4/c1-15(24)22-18-11-9-17(10-12-18)21(26)27-19(16-7-3-2-4-8-16)20(25)23-13-5-6-14-23/h2-4,7-12,19H,5-6,13-14H2,1H3,(H,22,24)/t19-/m1/s1. The van der Waals surface area contributed by atoms with Gasteiger partial charge in [0.05, 0.1) is 5.56 Å². The molecule has 2 aromatic carbocycles. The molecule has 27 heavy (non-hydrogen) atoms. The van der Waals surface area contributed by atoms with Crippen molar-refractivity contribution >= 4 is 23.5 Å². The number of ether oxygens (including phenoxy) is 1. The zero-order valence-electron chi connectivity index (χ0n) is 15.2. The van der Waals surface area contributed by atoms with E-state index in [0.717, 1.165) is 12.8 Å². The van der Waals surface area contributed by atoms with Gasteiger partial charge in [0.25, 0.3) is 5.91 Å². The molecule has 1 fully saturated rings. The molecule has 1 N–H and O–H groups in total. The van der Waals surface area contributed by atoms with Crippen molar-refractivity contribution in [1.82, 2.24) is 4.90 Å². The summed E-state index contributed by atoms with van der Waals surface area (Å²) >= 11 is 0. The zero-order valence-corrected chi connectivity index (χ0v) is 15.2. The number of benzene rings is 2. The first-order valence-corrected chi connectivity index (χ1v) is 8.97. The third-order valence-corrected chi connectivity index (χ3v) is 4.41. The van der Waals surface area contributed by atoms with Gasteiger partial charge in [0.2, 0.25) is 12.0 Å². The molecule has 0 aliphatic carbocycles. The maximum Gasteiger partial charge on any atom is 0.339 e. The number of likely N-dealkylation sites (tertiary alicyclic amines) is 1. The predicted octanol–water partition coefficient (Wildman–Crippen LogP) is 3.17. The first-order chi connectivity index (χ1) is 13.0. The third kappa shape index (κ3) is 4.73. The molecule has 2 aromatic rings. The molecule has 1 saturated heterocycles. The van der Waals surface area contributed by atoms with Crippen LogP contribution in [0.3, 0.4) is 0 Å². The van der Waals surface area contributed by atoms with Crippen LogP contribution in [0.4, 0.5) is 5.69 Å². The van der Waals surface area contributed by atoms with E-state index in [9.17, 15) is 14.4 Å². The fraction of sp³-hybridized carbons (Fsp3) is 0.286. The number of carbonyl (C=O) groups excluding carboxylic acids is 3. The Morgan fingerprint density at radius 2 is 1.59 bits per heavy atom. The molecule has 0 spiro atoms. The van der Waals surface area contributed by atoms with Gasteiger partial charge in [-0.05, 0) is 37.1 Å². The molecule has 0 bridgehead atoms. The van der Waals surface area contributed by atoms with E-state index in [1.165, 1.54) is 6.92 Å². The maximum absolute atomic E-state index is 12.9. The highest BCUT2D eigenvalue weighted by molar-refractivity contribution is 5.94. The summed E-state index contributed by atoms with van der Waals surface area (Å²) < 4.78 is 5.60. The number of nitrogens with one attached hydrogen (secondary N) is 1. The van der Waals surface area contributed by atoms with Crippen molar-refractivity contribution < 1.29 is 19.1 Å². The first-order valence-electron chi connectivity index (χ1n) is 8.97. The smallest absolute Gasteiger partial charge is 0.339 e. The maximum atomic E-state index is 12.9. The van der Waals surface area contributed by atoms with Crippen LogP contribution < -0.4 is 5.32 Å². The third-order valence-electron chi connectivity index (χ3n) is 4.41. The summed E-state index contributed by atoms with van der Waals surface area (Å²) in [6.45, 7) is 2.78. The molecule has 2 amide bonds. The molecule has 0 unspecified atom stereocenters. The molecular formula is C21H22N2O4. The minimum Gasteiger partial charge on any atom is -0.444 e. The van der Waals surface area contributed by atoms with Crippen molar-refractivity contribution in [2.75, 3.05) is 18.4 Å². The van der Waals surface area contributed by atoms with Crippen molar-refractivity contribution in [3.8, 4) is 0 Å². The second-order valence-electron chi connectivity index (χ2n) is 6.49. The molecule has 1 aliphatic heterocycles. The van der Waals surface area contributed by atoms with E-state index < -0.39 is 12.1 Å². The predicted molar refractivity (Wildman–Crippen MR) is 101 cm³/mol. The lowest BCUT2D eigenvalue weighted by Crippen LogP contribution is -2.34. The molecular weight excluding hydrogens is 344 g/mol. The molecule has 0 radical (unpaired) electrons. The van der Waals surface area contributed by atoms with E-state index in [-0.39, 0.29) is 11.8 Å². The van der Waals surface area contributed by atoms with Gasteiger partial charge in [0.15, 0.2) is 0 Å². The van der Waals surface area contributed by atoms with E-state index in [2.05, 4.69) is 5.32 Å². The first kappa shape index (κ1) is 18.6. The highest BCUT2D eigenvalue weighted by atomic mass is 16.5. The van der Waals surface area contributed by atoms with E-state index >= 15 is 0 Å². The van der Waals surface area contributed by atoms with Crippen LogP contribution in [0, 0.1) is 0 Å². The van der Waals surface area contributed by atoms with E-state index in [1.54, 1.807) is 41.3 Å². The van der Waals surface area contributed by atoms with Crippen LogP contribution in [0.1, 0.15) is 41.8 Å². The topological polar surface area (TPSA) is 75.7 Å². The SMILES string of the molecule is CC(=O)Nc1ccc(C(=O)O[C@@H](C(=O)N2CCCC2)c2ccccc2)cc1. The Kier molecular flexibility index (Phi) is 5.86.